The lowest BCUT2D eigenvalue weighted by Crippen LogP contribution is -2.19. The molecule has 1 heterocycles. The van der Waals surface area contributed by atoms with Gasteiger partial charge in [-0.2, -0.15) is 0 Å². The SMILES string of the molecule is COc1ccc(/C(C)=C2/COc3ccccc3C2CC=O)cc1. The van der Waals surface area contributed by atoms with E-state index in [9.17, 15) is 4.79 Å². The molecule has 118 valence electrons. The summed E-state index contributed by atoms with van der Waals surface area (Å²) in [6.07, 6.45) is 1.47. The highest BCUT2D eigenvalue weighted by Gasteiger charge is 2.27. The molecule has 0 spiro atoms. The van der Waals surface area contributed by atoms with Crippen molar-refractivity contribution in [3.63, 3.8) is 0 Å². The maximum atomic E-state index is 11.2. The number of aldehydes is 1. The number of methoxy groups -OCH3 is 1. The third-order valence-corrected chi connectivity index (χ3v) is 4.43. The fraction of sp³-hybridized carbons (Fsp3) is 0.250. The molecule has 3 nitrogen and oxygen atoms in total. The quantitative estimate of drug-likeness (QED) is 0.793. The van der Waals surface area contributed by atoms with Gasteiger partial charge in [0.1, 0.15) is 24.4 Å². The number of hydrogen-bond acceptors (Lipinski definition) is 3. The Morgan fingerprint density at radius 1 is 1.22 bits per heavy atom. The largest absolute Gasteiger partial charge is 0.497 e. The van der Waals surface area contributed by atoms with Crippen molar-refractivity contribution >= 4 is 11.9 Å². The average Bonchev–Trinajstić information content (AvgIpc) is 2.62. The highest BCUT2D eigenvalue weighted by atomic mass is 16.5. The minimum absolute atomic E-state index is 0.0829. The van der Waals surface area contributed by atoms with Gasteiger partial charge in [0.2, 0.25) is 0 Å². The Morgan fingerprint density at radius 3 is 2.65 bits per heavy atom. The number of carbonyl (C=O) groups excluding carboxylic acids is 1. The van der Waals surface area contributed by atoms with Gasteiger partial charge in [0.15, 0.2) is 0 Å². The molecule has 3 rings (SSSR count). The second kappa shape index (κ2) is 6.69. The number of hydrogen-bond donors (Lipinski definition) is 0. The maximum Gasteiger partial charge on any atom is 0.123 e. The Kier molecular flexibility index (Phi) is 4.47. The van der Waals surface area contributed by atoms with Gasteiger partial charge in [-0.1, -0.05) is 30.3 Å². The predicted molar refractivity (Wildman–Crippen MR) is 90.9 cm³/mol. The Balaban J connectivity index is 2.03. The van der Waals surface area contributed by atoms with E-state index in [-0.39, 0.29) is 5.92 Å². The molecular weight excluding hydrogens is 288 g/mol. The third-order valence-electron chi connectivity index (χ3n) is 4.43. The van der Waals surface area contributed by atoms with Crippen molar-refractivity contribution in [2.45, 2.75) is 19.3 Å². The van der Waals surface area contributed by atoms with E-state index in [0.29, 0.717) is 13.0 Å². The Labute approximate surface area is 136 Å². The molecule has 0 saturated carbocycles. The van der Waals surface area contributed by atoms with Crippen LogP contribution in [0.5, 0.6) is 11.5 Å². The molecule has 1 atom stereocenters. The number of benzene rings is 2. The molecule has 1 aliphatic rings. The summed E-state index contributed by atoms with van der Waals surface area (Å²) in [5.41, 5.74) is 4.54. The first-order valence-corrected chi connectivity index (χ1v) is 7.74. The Bertz CT molecular complexity index is 729. The fourth-order valence-corrected chi connectivity index (χ4v) is 3.11. The summed E-state index contributed by atoms with van der Waals surface area (Å²) in [5, 5.41) is 0. The molecule has 0 saturated heterocycles. The molecule has 23 heavy (non-hydrogen) atoms. The van der Waals surface area contributed by atoms with Gasteiger partial charge in [0.25, 0.3) is 0 Å². The van der Waals surface area contributed by atoms with Crippen LogP contribution in [0.25, 0.3) is 5.57 Å². The van der Waals surface area contributed by atoms with Crippen LogP contribution >= 0.6 is 0 Å². The van der Waals surface area contributed by atoms with Gasteiger partial charge in [0, 0.05) is 17.9 Å². The van der Waals surface area contributed by atoms with Crippen molar-refractivity contribution < 1.29 is 14.3 Å². The van der Waals surface area contributed by atoms with Gasteiger partial charge in [0.05, 0.1) is 7.11 Å². The van der Waals surface area contributed by atoms with E-state index < -0.39 is 0 Å². The maximum absolute atomic E-state index is 11.2. The lowest BCUT2D eigenvalue weighted by Gasteiger charge is -2.29. The van der Waals surface area contributed by atoms with E-state index >= 15 is 0 Å². The van der Waals surface area contributed by atoms with Crippen LogP contribution in [0.1, 0.15) is 30.4 Å². The summed E-state index contributed by atoms with van der Waals surface area (Å²) in [5.74, 6) is 1.80. The van der Waals surface area contributed by atoms with E-state index in [1.165, 1.54) is 5.57 Å². The van der Waals surface area contributed by atoms with Crippen LogP contribution in [0.2, 0.25) is 0 Å². The normalized spacial score (nSPS) is 18.6. The van der Waals surface area contributed by atoms with Gasteiger partial charge in [-0.25, -0.2) is 0 Å². The molecule has 3 heteroatoms. The van der Waals surface area contributed by atoms with E-state index in [1.54, 1.807) is 7.11 Å². The standard InChI is InChI=1S/C20H20O3/c1-14(15-7-9-16(22-2)10-8-15)19-13-23-20-6-4-3-5-18(20)17(19)11-12-21/h3-10,12,17H,11,13H2,1-2H3/b19-14-. The van der Waals surface area contributed by atoms with Crippen LogP contribution in [0, 0.1) is 0 Å². The number of allylic oxidation sites excluding steroid dienone is 1. The smallest absolute Gasteiger partial charge is 0.123 e. The van der Waals surface area contributed by atoms with Crippen LogP contribution in [-0.2, 0) is 4.79 Å². The second-order valence-corrected chi connectivity index (χ2v) is 5.66. The lowest BCUT2D eigenvalue weighted by atomic mass is 9.83. The third kappa shape index (κ3) is 3.00. The summed E-state index contributed by atoms with van der Waals surface area (Å²) >= 11 is 0. The molecule has 2 aromatic rings. The Hall–Kier alpha value is -2.55. The zero-order chi connectivity index (χ0) is 16.2. The van der Waals surface area contributed by atoms with Crippen LogP contribution in [0.15, 0.2) is 54.1 Å². The van der Waals surface area contributed by atoms with Crippen molar-refractivity contribution in [1.29, 1.82) is 0 Å². The number of rotatable bonds is 4. The minimum atomic E-state index is 0.0829. The first-order chi connectivity index (χ1) is 11.2. The molecule has 0 fully saturated rings. The molecule has 0 aliphatic carbocycles. The van der Waals surface area contributed by atoms with E-state index in [1.807, 2.05) is 48.5 Å². The highest BCUT2D eigenvalue weighted by molar-refractivity contribution is 5.71. The minimum Gasteiger partial charge on any atom is -0.497 e. The van der Waals surface area contributed by atoms with Crippen LogP contribution in [-0.4, -0.2) is 20.0 Å². The molecule has 1 aliphatic heterocycles. The van der Waals surface area contributed by atoms with Crippen LogP contribution in [0.4, 0.5) is 0 Å². The van der Waals surface area contributed by atoms with Crippen molar-refractivity contribution in [3.8, 4) is 11.5 Å². The number of carbonyl (C=O) groups is 1. The topological polar surface area (TPSA) is 35.5 Å². The Morgan fingerprint density at radius 2 is 1.96 bits per heavy atom. The molecule has 0 amide bonds. The van der Waals surface area contributed by atoms with E-state index in [2.05, 4.69) is 6.92 Å². The summed E-state index contributed by atoms with van der Waals surface area (Å²) in [7, 11) is 1.66. The molecular formula is C20H20O3. The summed E-state index contributed by atoms with van der Waals surface area (Å²) in [6, 6.07) is 15.9. The molecule has 0 N–H and O–H groups in total. The van der Waals surface area contributed by atoms with Gasteiger partial charge in [-0.05, 0) is 41.8 Å². The van der Waals surface area contributed by atoms with Crippen LogP contribution < -0.4 is 9.47 Å². The highest BCUT2D eigenvalue weighted by Crippen LogP contribution is 2.41. The van der Waals surface area contributed by atoms with Crippen molar-refractivity contribution in [3.05, 3.63) is 65.2 Å². The van der Waals surface area contributed by atoms with Crippen LogP contribution in [0.3, 0.4) is 0 Å². The van der Waals surface area contributed by atoms with Crippen molar-refractivity contribution in [1.82, 2.24) is 0 Å². The first kappa shape index (κ1) is 15.3. The average molecular weight is 308 g/mol. The summed E-state index contributed by atoms with van der Waals surface area (Å²) in [6.45, 7) is 2.61. The number of ether oxygens (including phenoxy) is 2. The second-order valence-electron chi connectivity index (χ2n) is 5.66. The van der Waals surface area contributed by atoms with Crippen molar-refractivity contribution in [2.24, 2.45) is 0 Å². The fourth-order valence-electron chi connectivity index (χ4n) is 3.11. The van der Waals surface area contributed by atoms with Gasteiger partial charge in [-0.15, -0.1) is 0 Å². The molecule has 0 aromatic heterocycles. The monoisotopic (exact) mass is 308 g/mol. The zero-order valence-electron chi connectivity index (χ0n) is 13.4. The molecule has 0 bridgehead atoms. The lowest BCUT2D eigenvalue weighted by molar-refractivity contribution is -0.108. The van der Waals surface area contributed by atoms with Gasteiger partial charge in [-0.3, -0.25) is 0 Å². The molecule has 2 aromatic carbocycles. The molecule has 0 radical (unpaired) electrons. The summed E-state index contributed by atoms with van der Waals surface area (Å²) in [4.78, 5) is 11.2. The molecule has 1 unspecified atom stereocenters. The predicted octanol–water partition coefficient (Wildman–Crippen LogP) is 4.23. The van der Waals surface area contributed by atoms with Gasteiger partial charge >= 0.3 is 0 Å². The van der Waals surface area contributed by atoms with E-state index in [4.69, 9.17) is 9.47 Å². The number of fused-ring (bicyclic) bond motifs is 1. The zero-order valence-corrected chi connectivity index (χ0v) is 13.4. The van der Waals surface area contributed by atoms with Crippen molar-refractivity contribution in [2.75, 3.05) is 13.7 Å². The van der Waals surface area contributed by atoms with E-state index in [0.717, 1.165) is 34.5 Å². The first-order valence-electron chi connectivity index (χ1n) is 7.74. The van der Waals surface area contributed by atoms with Gasteiger partial charge < -0.3 is 14.3 Å². The summed E-state index contributed by atoms with van der Waals surface area (Å²) < 4.78 is 11.1. The number of para-hydroxylation sites is 1.